The summed E-state index contributed by atoms with van der Waals surface area (Å²) in [6.45, 7) is 4.33. The molecule has 1 atom stereocenters. The lowest BCUT2D eigenvalue weighted by Crippen LogP contribution is -2.33. The van der Waals surface area contributed by atoms with Gasteiger partial charge < -0.3 is 4.84 Å². The second kappa shape index (κ2) is 6.07. The molecule has 0 aromatic heterocycles. The largest absolute Gasteiger partial charge is 0.390 e. The van der Waals surface area contributed by atoms with E-state index in [1.807, 2.05) is 48.5 Å². The van der Waals surface area contributed by atoms with Crippen LogP contribution in [0.25, 0.3) is 0 Å². The summed E-state index contributed by atoms with van der Waals surface area (Å²) in [5.41, 5.74) is 3.00. The lowest BCUT2D eigenvalue weighted by Gasteiger charge is -2.24. The standard InChI is InChI=1S/C20H19NO/c1-20(2)18(15-9-12-16-10-5-3-6-11-16)22-21-19(20)17-13-7-4-8-14-17/h3-8,10-11,13-14,18H,15H2,1-2H3. The zero-order valence-corrected chi connectivity index (χ0v) is 12.9. The summed E-state index contributed by atoms with van der Waals surface area (Å²) in [6, 6.07) is 20.2. The van der Waals surface area contributed by atoms with E-state index in [2.05, 4.69) is 43.0 Å². The summed E-state index contributed by atoms with van der Waals surface area (Å²) in [4.78, 5) is 5.66. The fourth-order valence-corrected chi connectivity index (χ4v) is 2.60. The number of nitrogens with zero attached hydrogens (tertiary/aromatic N) is 1. The van der Waals surface area contributed by atoms with Crippen LogP contribution in [0.4, 0.5) is 0 Å². The van der Waals surface area contributed by atoms with Crippen LogP contribution in [0.5, 0.6) is 0 Å². The van der Waals surface area contributed by atoms with E-state index in [1.165, 1.54) is 0 Å². The molecule has 0 fully saturated rings. The zero-order valence-electron chi connectivity index (χ0n) is 12.9. The third-order valence-corrected chi connectivity index (χ3v) is 4.03. The van der Waals surface area contributed by atoms with Crippen LogP contribution in [0.2, 0.25) is 0 Å². The zero-order chi connectivity index (χ0) is 15.4. The van der Waals surface area contributed by atoms with Crippen molar-refractivity contribution in [2.75, 3.05) is 0 Å². The highest BCUT2D eigenvalue weighted by Gasteiger charge is 2.42. The summed E-state index contributed by atoms with van der Waals surface area (Å²) in [5.74, 6) is 6.41. The van der Waals surface area contributed by atoms with Gasteiger partial charge in [-0.25, -0.2) is 0 Å². The molecule has 0 spiro atoms. The second-order valence-electron chi connectivity index (χ2n) is 5.99. The van der Waals surface area contributed by atoms with Crippen molar-refractivity contribution < 1.29 is 4.84 Å². The van der Waals surface area contributed by atoms with Crippen LogP contribution < -0.4 is 0 Å². The summed E-state index contributed by atoms with van der Waals surface area (Å²) < 4.78 is 0. The van der Waals surface area contributed by atoms with E-state index in [4.69, 9.17) is 4.84 Å². The van der Waals surface area contributed by atoms with Gasteiger partial charge in [-0.3, -0.25) is 0 Å². The van der Waals surface area contributed by atoms with Gasteiger partial charge >= 0.3 is 0 Å². The Labute approximate surface area is 131 Å². The Morgan fingerprint density at radius 3 is 2.32 bits per heavy atom. The maximum atomic E-state index is 5.66. The Morgan fingerprint density at radius 1 is 1.00 bits per heavy atom. The van der Waals surface area contributed by atoms with Gasteiger partial charge in [0.15, 0.2) is 0 Å². The highest BCUT2D eigenvalue weighted by molar-refractivity contribution is 6.05. The molecule has 0 amide bonds. The van der Waals surface area contributed by atoms with Crippen LogP contribution in [0.3, 0.4) is 0 Å². The molecule has 0 aliphatic carbocycles. The minimum absolute atomic E-state index is 0.0149. The van der Waals surface area contributed by atoms with E-state index in [9.17, 15) is 0 Å². The second-order valence-corrected chi connectivity index (χ2v) is 5.99. The summed E-state index contributed by atoms with van der Waals surface area (Å²) in [5, 5.41) is 4.31. The van der Waals surface area contributed by atoms with Gasteiger partial charge in [-0.2, -0.15) is 0 Å². The van der Waals surface area contributed by atoms with Gasteiger partial charge in [0.25, 0.3) is 0 Å². The number of oxime groups is 1. The fourth-order valence-electron chi connectivity index (χ4n) is 2.60. The first-order valence-corrected chi connectivity index (χ1v) is 7.51. The lowest BCUT2D eigenvalue weighted by atomic mass is 9.78. The highest BCUT2D eigenvalue weighted by Crippen LogP contribution is 2.36. The Bertz CT molecular complexity index is 721. The third-order valence-electron chi connectivity index (χ3n) is 4.03. The molecule has 0 bridgehead atoms. The molecule has 3 rings (SSSR count). The van der Waals surface area contributed by atoms with E-state index in [-0.39, 0.29) is 11.5 Å². The van der Waals surface area contributed by atoms with Crippen molar-refractivity contribution >= 4 is 5.71 Å². The predicted molar refractivity (Wildman–Crippen MR) is 89.6 cm³/mol. The Morgan fingerprint density at radius 2 is 1.64 bits per heavy atom. The van der Waals surface area contributed by atoms with Gasteiger partial charge in [0, 0.05) is 5.56 Å². The molecule has 1 unspecified atom stereocenters. The first-order valence-electron chi connectivity index (χ1n) is 7.51. The molecule has 0 saturated carbocycles. The topological polar surface area (TPSA) is 21.6 Å². The van der Waals surface area contributed by atoms with E-state index in [1.54, 1.807) is 0 Å². The Kier molecular flexibility index (Phi) is 3.98. The number of rotatable bonds is 2. The minimum Gasteiger partial charge on any atom is -0.390 e. The van der Waals surface area contributed by atoms with Crippen LogP contribution in [-0.4, -0.2) is 11.8 Å². The molecule has 0 saturated heterocycles. The number of hydrogen-bond acceptors (Lipinski definition) is 2. The van der Waals surface area contributed by atoms with Gasteiger partial charge in [0.2, 0.25) is 0 Å². The van der Waals surface area contributed by atoms with Crippen LogP contribution in [0, 0.1) is 17.3 Å². The van der Waals surface area contributed by atoms with Crippen molar-refractivity contribution in [3.05, 3.63) is 71.8 Å². The van der Waals surface area contributed by atoms with Gasteiger partial charge in [0.05, 0.1) is 17.5 Å². The summed E-state index contributed by atoms with van der Waals surface area (Å²) >= 11 is 0. The summed E-state index contributed by atoms with van der Waals surface area (Å²) in [7, 11) is 0. The number of hydrogen-bond donors (Lipinski definition) is 0. The molecular formula is C20H19NO. The van der Waals surface area contributed by atoms with Crippen molar-refractivity contribution in [1.29, 1.82) is 0 Å². The Balaban J connectivity index is 1.72. The lowest BCUT2D eigenvalue weighted by molar-refractivity contribution is 0.0407. The van der Waals surface area contributed by atoms with Crippen LogP contribution in [0.15, 0.2) is 65.8 Å². The van der Waals surface area contributed by atoms with Crippen LogP contribution in [0.1, 0.15) is 31.4 Å². The SMILES string of the molecule is CC1(C)C(c2ccccc2)=NOC1CC#Cc1ccccc1. The third kappa shape index (κ3) is 2.89. The molecule has 2 heteroatoms. The minimum atomic E-state index is -0.146. The predicted octanol–water partition coefficient (Wildman–Crippen LogP) is 4.26. The van der Waals surface area contributed by atoms with Gasteiger partial charge in [0.1, 0.15) is 6.10 Å². The molecule has 1 aliphatic heterocycles. The number of benzene rings is 2. The average Bonchev–Trinajstić information content (AvgIpc) is 2.84. The molecule has 2 nitrogen and oxygen atoms in total. The van der Waals surface area contributed by atoms with E-state index >= 15 is 0 Å². The molecule has 0 N–H and O–H groups in total. The van der Waals surface area contributed by atoms with Gasteiger partial charge in [-0.15, -0.1) is 0 Å². The van der Waals surface area contributed by atoms with E-state index < -0.39 is 0 Å². The molecule has 0 radical (unpaired) electrons. The Hall–Kier alpha value is -2.53. The highest BCUT2D eigenvalue weighted by atomic mass is 16.6. The molecule has 110 valence electrons. The maximum absolute atomic E-state index is 5.66. The van der Waals surface area contributed by atoms with Crippen LogP contribution >= 0.6 is 0 Å². The van der Waals surface area contributed by atoms with Crippen LogP contribution in [-0.2, 0) is 4.84 Å². The van der Waals surface area contributed by atoms with E-state index in [0.717, 1.165) is 16.8 Å². The van der Waals surface area contributed by atoms with Gasteiger partial charge in [-0.05, 0) is 17.7 Å². The maximum Gasteiger partial charge on any atom is 0.149 e. The molecule has 1 heterocycles. The normalized spacial score (nSPS) is 18.8. The first kappa shape index (κ1) is 14.4. The monoisotopic (exact) mass is 289 g/mol. The molecule has 2 aromatic rings. The van der Waals surface area contributed by atoms with Crippen molar-refractivity contribution in [1.82, 2.24) is 0 Å². The van der Waals surface area contributed by atoms with Crippen molar-refractivity contribution in [2.24, 2.45) is 10.6 Å². The fraction of sp³-hybridized carbons (Fsp3) is 0.250. The van der Waals surface area contributed by atoms with Crippen molar-refractivity contribution in [3.8, 4) is 11.8 Å². The smallest absolute Gasteiger partial charge is 0.149 e. The van der Waals surface area contributed by atoms with Crippen molar-refractivity contribution in [2.45, 2.75) is 26.4 Å². The molecule has 1 aliphatic rings. The summed E-state index contributed by atoms with van der Waals surface area (Å²) in [6.07, 6.45) is 0.653. The van der Waals surface area contributed by atoms with E-state index in [0.29, 0.717) is 6.42 Å². The van der Waals surface area contributed by atoms with Crippen molar-refractivity contribution in [3.63, 3.8) is 0 Å². The average molecular weight is 289 g/mol. The first-order chi connectivity index (χ1) is 10.7. The quantitative estimate of drug-likeness (QED) is 0.757. The molecular weight excluding hydrogens is 270 g/mol. The molecule has 2 aromatic carbocycles. The van der Waals surface area contributed by atoms with Gasteiger partial charge in [-0.1, -0.05) is 79.4 Å². The molecule has 22 heavy (non-hydrogen) atoms.